The van der Waals surface area contributed by atoms with Gasteiger partial charge < -0.3 is 44.5 Å². The number of Topliss-reactive ketones (excluding diaryl/α,β-unsaturated/α-hetero) is 1. The number of rotatable bonds is 4. The van der Waals surface area contributed by atoms with Crippen LogP contribution in [0.4, 0.5) is 0 Å². The lowest BCUT2D eigenvalue weighted by Gasteiger charge is -2.62. The maximum Gasteiger partial charge on any atom is 0.171 e. The Labute approximate surface area is 233 Å². The molecule has 0 aromatic heterocycles. The van der Waals surface area contributed by atoms with Crippen LogP contribution >= 0.6 is 0 Å². The van der Waals surface area contributed by atoms with Gasteiger partial charge in [-0.3, -0.25) is 4.79 Å². The molecular formula is C30H42O10. The highest BCUT2D eigenvalue weighted by atomic mass is 16.7. The predicted molar refractivity (Wildman–Crippen MR) is 138 cm³/mol. The standard InChI is InChI=1S/C30H42O10/c1-14-8-15(13-37-14)18-5-7-29(36)28(18,3)26(35)24(34)25-27(2)6-4-17(9-16(27)10-21-30(25,29)40-21)38-22-11-19(32)23(33)20(12-31)39-22/h8,16-25,31-34,36H,1,4-7,9-13H2,2-3H3/t16-,17-,18?,19+,20+,21?,22?,23-,24+,25+,27-,28-,29+,30-/m0/s1. The van der Waals surface area contributed by atoms with Gasteiger partial charge in [-0.1, -0.05) is 13.5 Å². The molecule has 222 valence electrons. The van der Waals surface area contributed by atoms with Crippen molar-refractivity contribution in [3.05, 3.63) is 24.0 Å². The van der Waals surface area contributed by atoms with E-state index in [9.17, 15) is 30.3 Å². The molecule has 4 saturated carbocycles. The summed E-state index contributed by atoms with van der Waals surface area (Å²) in [6, 6.07) is 0. The van der Waals surface area contributed by atoms with Gasteiger partial charge in [-0.05, 0) is 74.3 Å². The number of fused-ring (bicyclic) bond motifs is 3. The molecule has 5 N–H and O–H groups in total. The lowest BCUT2D eigenvalue weighted by atomic mass is 9.41. The van der Waals surface area contributed by atoms with E-state index < -0.39 is 65.3 Å². The van der Waals surface area contributed by atoms with Gasteiger partial charge in [-0.25, -0.2) is 0 Å². The zero-order valence-electron chi connectivity index (χ0n) is 23.2. The Morgan fingerprint density at radius 2 is 1.90 bits per heavy atom. The fourth-order valence-electron chi connectivity index (χ4n) is 10.2. The molecule has 6 fully saturated rings. The molecule has 4 aliphatic carbocycles. The van der Waals surface area contributed by atoms with E-state index >= 15 is 0 Å². The van der Waals surface area contributed by atoms with Crippen molar-refractivity contribution < 1.29 is 49.3 Å². The molecule has 7 rings (SSSR count). The maximum atomic E-state index is 14.2. The van der Waals surface area contributed by atoms with Crippen molar-refractivity contribution >= 4 is 5.78 Å². The number of ketones is 1. The molecule has 3 aliphatic heterocycles. The number of ether oxygens (including phenoxy) is 4. The van der Waals surface area contributed by atoms with Crippen molar-refractivity contribution in [1.29, 1.82) is 0 Å². The van der Waals surface area contributed by atoms with Gasteiger partial charge in [0.1, 0.15) is 41.9 Å². The molecule has 14 atom stereocenters. The third-order valence-electron chi connectivity index (χ3n) is 12.3. The Morgan fingerprint density at radius 1 is 1.12 bits per heavy atom. The Hall–Kier alpha value is -1.37. The average molecular weight is 563 g/mol. The van der Waals surface area contributed by atoms with Gasteiger partial charge >= 0.3 is 0 Å². The van der Waals surface area contributed by atoms with Crippen molar-refractivity contribution in [2.45, 2.75) is 113 Å². The SMILES string of the molecule is C=C1C=C(C2CC[C@@]3(O)[C@]2(C)C(=O)[C@H](O)[C@@H]2[C@@]4(C)CC[C@H](OC5C[C@@H](O)[C@H](O)[C@@H](CO)O5)C[C@H]4CC4O[C@@]423)CO1. The quantitative estimate of drug-likeness (QED) is 0.244. The van der Waals surface area contributed by atoms with E-state index in [0.717, 1.165) is 5.57 Å². The van der Waals surface area contributed by atoms with Crippen molar-refractivity contribution in [2.75, 3.05) is 13.2 Å². The monoisotopic (exact) mass is 562 g/mol. The number of epoxide rings is 1. The zero-order valence-corrected chi connectivity index (χ0v) is 23.2. The number of allylic oxidation sites excluding steroid dienone is 1. The smallest absolute Gasteiger partial charge is 0.171 e. The lowest BCUT2D eigenvalue weighted by Crippen LogP contribution is -2.75. The summed E-state index contributed by atoms with van der Waals surface area (Å²) >= 11 is 0. The third kappa shape index (κ3) is 3.30. The first-order valence-corrected chi connectivity index (χ1v) is 14.8. The molecule has 40 heavy (non-hydrogen) atoms. The number of hydrogen-bond acceptors (Lipinski definition) is 10. The van der Waals surface area contributed by atoms with E-state index in [2.05, 4.69) is 13.5 Å². The van der Waals surface area contributed by atoms with E-state index in [0.29, 0.717) is 50.9 Å². The second-order valence-electron chi connectivity index (χ2n) is 13.9. The van der Waals surface area contributed by atoms with Gasteiger partial charge in [-0.15, -0.1) is 0 Å². The molecule has 0 bridgehead atoms. The summed E-state index contributed by atoms with van der Waals surface area (Å²) in [7, 11) is 0. The molecule has 0 radical (unpaired) electrons. The van der Waals surface area contributed by atoms with Gasteiger partial charge in [-0.2, -0.15) is 0 Å². The first-order chi connectivity index (χ1) is 18.9. The Morgan fingerprint density at radius 3 is 2.60 bits per heavy atom. The first kappa shape index (κ1) is 27.5. The van der Waals surface area contributed by atoms with Crippen LogP contribution in [0, 0.1) is 28.6 Å². The summed E-state index contributed by atoms with van der Waals surface area (Å²) in [5.74, 6) is -0.441. The predicted octanol–water partition coefficient (Wildman–Crippen LogP) is 0.726. The molecule has 10 heteroatoms. The summed E-state index contributed by atoms with van der Waals surface area (Å²) in [5, 5.41) is 54.2. The van der Waals surface area contributed by atoms with Crippen LogP contribution in [-0.2, 0) is 23.7 Å². The molecule has 1 spiro atoms. The fourth-order valence-corrected chi connectivity index (χ4v) is 10.2. The first-order valence-electron chi connectivity index (χ1n) is 14.8. The van der Waals surface area contributed by atoms with Gasteiger partial charge in [0, 0.05) is 12.3 Å². The van der Waals surface area contributed by atoms with E-state index in [1.54, 1.807) is 0 Å². The number of carbonyl (C=O) groups excluding carboxylic acids is 1. The summed E-state index contributed by atoms with van der Waals surface area (Å²) < 4.78 is 24.1. The largest absolute Gasteiger partial charge is 0.490 e. The van der Waals surface area contributed by atoms with Crippen LogP contribution in [0.15, 0.2) is 24.0 Å². The highest BCUT2D eigenvalue weighted by Gasteiger charge is 2.88. The van der Waals surface area contributed by atoms with Crippen molar-refractivity contribution in [1.82, 2.24) is 0 Å². The number of hydrogen-bond donors (Lipinski definition) is 5. The number of carbonyl (C=O) groups is 1. The minimum absolute atomic E-state index is 0.0893. The Kier molecular flexibility index (Phi) is 6.06. The maximum absolute atomic E-state index is 14.2. The molecule has 3 unspecified atom stereocenters. The summed E-state index contributed by atoms with van der Waals surface area (Å²) in [4.78, 5) is 14.2. The van der Waals surface area contributed by atoms with Gasteiger partial charge in [0.05, 0.1) is 30.3 Å². The lowest BCUT2D eigenvalue weighted by molar-refractivity contribution is -0.278. The van der Waals surface area contributed by atoms with Crippen LogP contribution in [0.25, 0.3) is 0 Å². The van der Waals surface area contributed by atoms with Crippen molar-refractivity contribution in [3.8, 4) is 0 Å². The summed E-state index contributed by atoms with van der Waals surface area (Å²) in [6.07, 6.45) is 0.165. The van der Waals surface area contributed by atoms with Gasteiger partial charge in [0.2, 0.25) is 0 Å². The van der Waals surface area contributed by atoms with Crippen molar-refractivity contribution in [3.63, 3.8) is 0 Å². The highest BCUT2D eigenvalue weighted by Crippen LogP contribution is 2.76. The van der Waals surface area contributed by atoms with E-state index in [-0.39, 0.29) is 36.2 Å². The van der Waals surface area contributed by atoms with Crippen LogP contribution < -0.4 is 0 Å². The van der Waals surface area contributed by atoms with Crippen LogP contribution in [0.1, 0.15) is 58.8 Å². The van der Waals surface area contributed by atoms with Crippen molar-refractivity contribution in [2.24, 2.45) is 28.6 Å². The topological polar surface area (TPSA) is 158 Å². The molecule has 0 aromatic carbocycles. The Bertz CT molecular complexity index is 1140. The molecule has 3 heterocycles. The normalized spacial score (nSPS) is 56.9. The van der Waals surface area contributed by atoms with Crippen LogP contribution in [0.3, 0.4) is 0 Å². The van der Waals surface area contributed by atoms with Crippen LogP contribution in [0.5, 0.6) is 0 Å². The Balaban J connectivity index is 1.14. The number of aliphatic hydroxyl groups excluding tert-OH is 4. The van der Waals surface area contributed by atoms with Crippen LogP contribution in [0.2, 0.25) is 0 Å². The summed E-state index contributed by atoms with van der Waals surface area (Å²) in [6.45, 7) is 7.76. The van der Waals surface area contributed by atoms with E-state index in [1.165, 1.54) is 0 Å². The van der Waals surface area contributed by atoms with E-state index in [4.69, 9.17) is 18.9 Å². The molecule has 0 amide bonds. The van der Waals surface area contributed by atoms with Gasteiger partial charge in [0.25, 0.3) is 0 Å². The minimum atomic E-state index is -1.39. The second kappa shape index (κ2) is 8.83. The molecule has 2 saturated heterocycles. The van der Waals surface area contributed by atoms with Gasteiger partial charge in [0.15, 0.2) is 12.1 Å². The summed E-state index contributed by atoms with van der Waals surface area (Å²) in [5.41, 5.74) is -3.05. The number of aliphatic hydroxyl groups is 5. The van der Waals surface area contributed by atoms with E-state index in [1.807, 2.05) is 13.0 Å². The third-order valence-corrected chi connectivity index (χ3v) is 12.3. The molecule has 10 nitrogen and oxygen atoms in total. The second-order valence-corrected chi connectivity index (χ2v) is 13.9. The zero-order chi connectivity index (χ0) is 28.4. The van der Waals surface area contributed by atoms with Crippen LogP contribution in [-0.4, -0.2) is 98.6 Å². The fraction of sp³-hybridized carbons (Fsp3) is 0.833. The molecule has 0 aromatic rings. The highest BCUT2D eigenvalue weighted by molar-refractivity contribution is 5.93. The average Bonchev–Trinajstić information content (AvgIpc) is 3.36. The minimum Gasteiger partial charge on any atom is -0.490 e. The molecular weight excluding hydrogens is 520 g/mol. The molecule has 7 aliphatic rings.